The van der Waals surface area contributed by atoms with Gasteiger partial charge in [-0.3, -0.25) is 29.2 Å². The SMILES string of the molecule is O=C(O)c1cc(N2OCc3cc(-c4ccccn4)ccc3C2=O)cc(N2C(=O)c3ccc(-c4ccccn4)cc3C2=O)c1. The van der Waals surface area contributed by atoms with Crippen LogP contribution < -0.4 is 9.96 Å². The van der Waals surface area contributed by atoms with Gasteiger partial charge < -0.3 is 5.11 Å². The Morgan fingerprint density at radius 1 is 0.674 bits per heavy atom. The van der Waals surface area contributed by atoms with Crippen LogP contribution in [-0.2, 0) is 11.4 Å². The number of nitrogens with zero attached hydrogens (tertiary/aromatic N) is 4. The third-order valence-electron chi connectivity index (χ3n) is 7.32. The number of imide groups is 1. The third-order valence-corrected chi connectivity index (χ3v) is 7.32. The zero-order valence-corrected chi connectivity index (χ0v) is 22.3. The summed E-state index contributed by atoms with van der Waals surface area (Å²) in [6.45, 7) is 0.0255. The molecule has 3 aromatic carbocycles. The van der Waals surface area contributed by atoms with E-state index in [-0.39, 0.29) is 34.7 Å². The highest BCUT2D eigenvalue weighted by molar-refractivity contribution is 6.35. The van der Waals surface area contributed by atoms with Crippen LogP contribution in [0.4, 0.5) is 11.4 Å². The molecule has 1 N–H and O–H groups in total. The summed E-state index contributed by atoms with van der Waals surface area (Å²) in [6.07, 6.45) is 3.31. The minimum atomic E-state index is -1.30. The number of rotatable bonds is 5. The second kappa shape index (κ2) is 10.1. The molecule has 10 nitrogen and oxygen atoms in total. The third kappa shape index (κ3) is 4.42. The number of benzene rings is 3. The molecule has 0 fully saturated rings. The van der Waals surface area contributed by atoms with Gasteiger partial charge in [0.2, 0.25) is 0 Å². The molecule has 43 heavy (non-hydrogen) atoms. The fraction of sp³-hybridized carbons (Fsp3) is 0.0303. The molecule has 4 heterocycles. The van der Waals surface area contributed by atoms with Gasteiger partial charge in [0.15, 0.2) is 0 Å². The average molecular weight is 569 g/mol. The van der Waals surface area contributed by atoms with Crippen LogP contribution in [0.15, 0.2) is 103 Å². The average Bonchev–Trinajstić information content (AvgIpc) is 3.30. The summed E-state index contributed by atoms with van der Waals surface area (Å²) in [6, 6.07) is 24.9. The van der Waals surface area contributed by atoms with E-state index in [4.69, 9.17) is 4.84 Å². The Labute approximate surface area is 244 Å². The maximum Gasteiger partial charge on any atom is 0.335 e. The smallest absolute Gasteiger partial charge is 0.335 e. The van der Waals surface area contributed by atoms with Crippen LogP contribution in [0.25, 0.3) is 22.5 Å². The first-order chi connectivity index (χ1) is 20.9. The summed E-state index contributed by atoms with van der Waals surface area (Å²) in [7, 11) is 0. The van der Waals surface area contributed by atoms with Crippen molar-refractivity contribution in [2.45, 2.75) is 6.61 Å². The highest BCUT2D eigenvalue weighted by atomic mass is 16.7. The number of hydroxylamine groups is 1. The molecule has 0 saturated heterocycles. The van der Waals surface area contributed by atoms with Gasteiger partial charge in [-0.1, -0.05) is 24.3 Å². The van der Waals surface area contributed by atoms with Gasteiger partial charge in [0, 0.05) is 29.1 Å². The fourth-order valence-corrected chi connectivity index (χ4v) is 5.24. The Kier molecular flexibility index (Phi) is 6.11. The van der Waals surface area contributed by atoms with Crippen LogP contribution in [0.5, 0.6) is 0 Å². The molecule has 7 rings (SSSR count). The molecule has 3 amide bonds. The van der Waals surface area contributed by atoms with Crippen molar-refractivity contribution in [3.63, 3.8) is 0 Å². The molecule has 2 aromatic heterocycles. The van der Waals surface area contributed by atoms with Crippen molar-refractivity contribution in [1.29, 1.82) is 0 Å². The molecule has 0 saturated carbocycles. The lowest BCUT2D eigenvalue weighted by molar-refractivity contribution is 0.0529. The van der Waals surface area contributed by atoms with Crippen molar-refractivity contribution in [3.8, 4) is 22.5 Å². The standard InChI is InChI=1S/C33H20N4O6/c38-30-26-10-8-20(29-6-2-4-12-35-29)16-27(26)31(39)36(30)23-14-21(33(41)42)15-24(17-23)37-32(40)25-9-7-19(13-22(25)18-43-37)28-5-1-3-11-34-28/h1-17H,18H2,(H,41,42). The van der Waals surface area contributed by atoms with E-state index < -0.39 is 23.7 Å². The van der Waals surface area contributed by atoms with Crippen molar-refractivity contribution in [1.82, 2.24) is 9.97 Å². The Morgan fingerprint density at radius 2 is 1.30 bits per heavy atom. The van der Waals surface area contributed by atoms with Crippen molar-refractivity contribution >= 4 is 35.1 Å². The van der Waals surface area contributed by atoms with E-state index in [2.05, 4.69) is 9.97 Å². The largest absolute Gasteiger partial charge is 0.478 e. The van der Waals surface area contributed by atoms with E-state index in [0.29, 0.717) is 22.4 Å². The van der Waals surface area contributed by atoms with Gasteiger partial charge in [-0.05, 0) is 72.3 Å². The molecule has 0 spiro atoms. The lowest BCUT2D eigenvalue weighted by Gasteiger charge is -2.29. The number of anilines is 2. The zero-order chi connectivity index (χ0) is 29.7. The maximum atomic E-state index is 13.6. The summed E-state index contributed by atoms with van der Waals surface area (Å²) in [5, 5.41) is 10.8. The molecule has 2 aliphatic rings. The van der Waals surface area contributed by atoms with Crippen molar-refractivity contribution in [2.24, 2.45) is 0 Å². The summed E-state index contributed by atoms with van der Waals surface area (Å²) in [5.41, 5.74) is 4.02. The number of fused-ring (bicyclic) bond motifs is 2. The molecular weight excluding hydrogens is 548 g/mol. The van der Waals surface area contributed by atoms with Crippen LogP contribution in [0.1, 0.15) is 47.0 Å². The number of hydrogen-bond acceptors (Lipinski definition) is 7. The number of carboxylic acids is 1. The van der Waals surface area contributed by atoms with Crippen LogP contribution in [0.2, 0.25) is 0 Å². The lowest BCUT2D eigenvalue weighted by atomic mass is 10.0. The topological polar surface area (TPSA) is 130 Å². The fourth-order valence-electron chi connectivity index (χ4n) is 5.24. The minimum Gasteiger partial charge on any atom is -0.478 e. The molecule has 0 bridgehead atoms. The molecule has 0 aliphatic carbocycles. The van der Waals surface area contributed by atoms with Crippen LogP contribution in [-0.4, -0.2) is 38.8 Å². The number of carbonyl (C=O) groups excluding carboxylic acids is 3. The second-order valence-corrected chi connectivity index (χ2v) is 9.92. The number of carboxylic acid groups (broad SMARTS) is 1. The summed E-state index contributed by atoms with van der Waals surface area (Å²) < 4.78 is 0. The number of hydrogen-bond donors (Lipinski definition) is 1. The van der Waals surface area contributed by atoms with Gasteiger partial charge in [0.25, 0.3) is 17.7 Å². The first-order valence-electron chi connectivity index (χ1n) is 13.2. The Balaban J connectivity index is 1.24. The number of amides is 3. The Bertz CT molecular complexity index is 1980. The van der Waals surface area contributed by atoms with Crippen molar-refractivity contribution in [3.05, 3.63) is 131 Å². The van der Waals surface area contributed by atoms with Gasteiger partial charge in [-0.2, -0.15) is 5.06 Å². The van der Waals surface area contributed by atoms with Crippen molar-refractivity contribution in [2.75, 3.05) is 9.96 Å². The van der Waals surface area contributed by atoms with Crippen molar-refractivity contribution < 1.29 is 29.1 Å². The summed E-state index contributed by atoms with van der Waals surface area (Å²) in [5.74, 6) is -3.06. The number of aromatic carboxylic acids is 1. The second-order valence-electron chi connectivity index (χ2n) is 9.92. The summed E-state index contributed by atoms with van der Waals surface area (Å²) in [4.78, 5) is 68.0. The number of aromatic nitrogens is 2. The number of carbonyl (C=O) groups is 4. The lowest BCUT2D eigenvalue weighted by Crippen LogP contribution is -2.36. The molecule has 2 aliphatic heterocycles. The van der Waals surface area contributed by atoms with Gasteiger partial charge >= 0.3 is 5.97 Å². The maximum absolute atomic E-state index is 13.6. The van der Waals surface area contributed by atoms with E-state index in [1.165, 1.54) is 18.2 Å². The van der Waals surface area contributed by atoms with Crippen LogP contribution in [0, 0.1) is 0 Å². The molecular formula is C33H20N4O6. The van der Waals surface area contributed by atoms with Crippen LogP contribution in [0.3, 0.4) is 0 Å². The van der Waals surface area contributed by atoms with E-state index in [9.17, 15) is 24.3 Å². The van der Waals surface area contributed by atoms with E-state index in [0.717, 1.165) is 21.2 Å². The predicted octanol–water partition coefficient (Wildman–Crippen LogP) is 5.40. The van der Waals surface area contributed by atoms with Gasteiger partial charge in [-0.25, -0.2) is 9.69 Å². The van der Waals surface area contributed by atoms with Gasteiger partial charge in [-0.15, -0.1) is 0 Å². The predicted molar refractivity (Wildman–Crippen MR) is 155 cm³/mol. The Morgan fingerprint density at radius 3 is 1.95 bits per heavy atom. The highest BCUT2D eigenvalue weighted by Gasteiger charge is 2.38. The van der Waals surface area contributed by atoms with Crippen LogP contribution >= 0.6 is 0 Å². The molecule has 208 valence electrons. The zero-order valence-electron chi connectivity index (χ0n) is 22.3. The quantitative estimate of drug-likeness (QED) is 0.279. The highest BCUT2D eigenvalue weighted by Crippen LogP contribution is 2.36. The first kappa shape index (κ1) is 25.9. The monoisotopic (exact) mass is 568 g/mol. The van der Waals surface area contributed by atoms with Gasteiger partial charge in [0.05, 0.1) is 39.5 Å². The Hall–Kier alpha value is -6.00. The minimum absolute atomic E-state index is 0.00631. The molecule has 0 atom stereocenters. The van der Waals surface area contributed by atoms with E-state index >= 15 is 0 Å². The van der Waals surface area contributed by atoms with E-state index in [1.807, 2.05) is 30.3 Å². The molecule has 10 heteroatoms. The molecule has 0 radical (unpaired) electrons. The van der Waals surface area contributed by atoms with E-state index in [1.54, 1.807) is 54.9 Å². The number of pyridine rings is 2. The summed E-state index contributed by atoms with van der Waals surface area (Å²) >= 11 is 0. The normalized spacial score (nSPS) is 14.1. The molecule has 5 aromatic rings. The molecule has 0 unspecified atom stereocenters. The first-order valence-corrected chi connectivity index (χ1v) is 13.2. The van der Waals surface area contributed by atoms with Gasteiger partial charge in [0.1, 0.15) is 6.61 Å².